The molecule has 2 atom stereocenters. The molecule has 21 heavy (non-hydrogen) atoms. The van der Waals surface area contributed by atoms with E-state index in [1.807, 2.05) is 6.92 Å². The fraction of sp³-hybridized carbons (Fsp3) is 0.571. The van der Waals surface area contributed by atoms with Crippen molar-refractivity contribution in [1.82, 2.24) is 9.97 Å². The largest absolute Gasteiger partial charge is 0.368 e. The maximum Gasteiger partial charge on any atom is 0.226 e. The number of nitrogens with zero attached hydrogens (tertiary/aromatic N) is 2. The number of aryl methyl sites for hydroxylation is 1. The van der Waals surface area contributed by atoms with Crippen LogP contribution in [-0.2, 0) is 10.8 Å². The lowest BCUT2D eigenvalue weighted by molar-refractivity contribution is 0.679. The van der Waals surface area contributed by atoms with Crippen LogP contribution >= 0.6 is 11.3 Å². The van der Waals surface area contributed by atoms with Crippen molar-refractivity contribution < 1.29 is 4.21 Å². The van der Waals surface area contributed by atoms with E-state index in [2.05, 4.69) is 40.5 Å². The van der Waals surface area contributed by atoms with Gasteiger partial charge in [-0.1, -0.05) is 6.92 Å². The van der Waals surface area contributed by atoms with E-state index >= 15 is 0 Å². The van der Waals surface area contributed by atoms with Crippen LogP contribution in [0.4, 0.5) is 11.8 Å². The molecule has 0 aromatic carbocycles. The number of fused-ring (bicyclic) bond motifs is 1. The maximum absolute atomic E-state index is 11.5. The average Bonchev–Trinajstić information content (AvgIpc) is 2.82. The first kappa shape index (κ1) is 16.2. The number of thiophene rings is 1. The van der Waals surface area contributed by atoms with Crippen LogP contribution in [0.15, 0.2) is 6.07 Å². The summed E-state index contributed by atoms with van der Waals surface area (Å²) in [5.41, 5.74) is 0. The van der Waals surface area contributed by atoms with Crippen molar-refractivity contribution in [2.45, 2.75) is 32.4 Å². The fourth-order valence-electron chi connectivity index (χ4n) is 1.85. The summed E-state index contributed by atoms with van der Waals surface area (Å²) in [6, 6.07) is 2.10. The van der Waals surface area contributed by atoms with E-state index in [1.54, 1.807) is 17.6 Å². The maximum atomic E-state index is 11.5. The zero-order valence-electron chi connectivity index (χ0n) is 12.9. The molecule has 2 rings (SSSR count). The summed E-state index contributed by atoms with van der Waals surface area (Å²) in [5.74, 6) is 1.47. The van der Waals surface area contributed by atoms with E-state index in [1.165, 1.54) is 4.88 Å². The zero-order chi connectivity index (χ0) is 15.4. The van der Waals surface area contributed by atoms with Gasteiger partial charge in [-0.2, -0.15) is 4.98 Å². The second-order valence-corrected chi connectivity index (χ2v) is 8.13. The molecule has 116 valence electrons. The minimum atomic E-state index is -0.842. The topological polar surface area (TPSA) is 66.9 Å². The van der Waals surface area contributed by atoms with E-state index in [-0.39, 0.29) is 5.25 Å². The highest BCUT2D eigenvalue weighted by Crippen LogP contribution is 2.29. The number of hydrogen-bond donors (Lipinski definition) is 2. The Morgan fingerprint density at radius 3 is 2.81 bits per heavy atom. The Morgan fingerprint density at radius 2 is 2.14 bits per heavy atom. The molecule has 2 unspecified atom stereocenters. The lowest BCUT2D eigenvalue weighted by Crippen LogP contribution is -2.21. The summed E-state index contributed by atoms with van der Waals surface area (Å²) < 4.78 is 11.5. The van der Waals surface area contributed by atoms with E-state index in [4.69, 9.17) is 0 Å². The highest BCUT2D eigenvalue weighted by atomic mass is 32.2. The first-order valence-corrected chi connectivity index (χ1v) is 9.53. The van der Waals surface area contributed by atoms with Crippen molar-refractivity contribution in [3.8, 4) is 0 Å². The Labute approximate surface area is 132 Å². The van der Waals surface area contributed by atoms with E-state index < -0.39 is 10.8 Å². The van der Waals surface area contributed by atoms with Crippen LogP contribution in [0.2, 0.25) is 0 Å². The highest BCUT2D eigenvalue weighted by molar-refractivity contribution is 7.84. The average molecular weight is 326 g/mol. The Balaban J connectivity index is 2.28. The van der Waals surface area contributed by atoms with Crippen molar-refractivity contribution in [3.05, 3.63) is 10.9 Å². The quantitative estimate of drug-likeness (QED) is 0.819. The Bertz CT molecular complexity index is 641. The molecule has 0 saturated carbocycles. The monoisotopic (exact) mass is 326 g/mol. The Morgan fingerprint density at radius 1 is 1.38 bits per heavy atom. The lowest BCUT2D eigenvalue weighted by Gasteiger charge is -2.12. The summed E-state index contributed by atoms with van der Waals surface area (Å²) in [6.07, 6.45) is 2.75. The molecule has 2 N–H and O–H groups in total. The van der Waals surface area contributed by atoms with Crippen LogP contribution in [-0.4, -0.2) is 38.8 Å². The van der Waals surface area contributed by atoms with Crippen molar-refractivity contribution in [1.29, 1.82) is 0 Å². The van der Waals surface area contributed by atoms with Crippen molar-refractivity contribution in [2.24, 2.45) is 0 Å². The third-order valence-electron chi connectivity index (χ3n) is 3.17. The number of aromatic nitrogens is 2. The second-order valence-electron chi connectivity index (χ2n) is 5.09. The summed E-state index contributed by atoms with van der Waals surface area (Å²) >= 11 is 1.66. The molecule has 0 aliphatic carbocycles. The minimum Gasteiger partial charge on any atom is -0.368 e. The highest BCUT2D eigenvalue weighted by Gasteiger charge is 2.12. The third-order valence-corrected chi connectivity index (χ3v) is 5.42. The van der Waals surface area contributed by atoms with Crippen LogP contribution < -0.4 is 10.6 Å². The van der Waals surface area contributed by atoms with E-state index in [9.17, 15) is 4.21 Å². The summed E-state index contributed by atoms with van der Waals surface area (Å²) in [4.78, 5) is 11.3. The van der Waals surface area contributed by atoms with Gasteiger partial charge in [0.1, 0.15) is 10.6 Å². The number of hydrogen-bond acceptors (Lipinski definition) is 6. The van der Waals surface area contributed by atoms with Gasteiger partial charge in [0.2, 0.25) is 5.95 Å². The molecule has 0 radical (unpaired) electrons. The van der Waals surface area contributed by atoms with Gasteiger partial charge in [-0.25, -0.2) is 4.98 Å². The summed E-state index contributed by atoms with van der Waals surface area (Å²) in [7, 11) is -0.842. The molecule has 0 bridgehead atoms. The van der Waals surface area contributed by atoms with Gasteiger partial charge in [0.25, 0.3) is 0 Å². The van der Waals surface area contributed by atoms with Gasteiger partial charge in [-0.05, 0) is 26.3 Å². The molecule has 7 heteroatoms. The lowest BCUT2D eigenvalue weighted by atomic mass is 10.3. The molecule has 2 aromatic heterocycles. The molecule has 0 fully saturated rings. The molecular formula is C14H22N4OS2. The number of anilines is 2. The molecule has 0 amide bonds. The number of rotatable bonds is 7. The first-order valence-electron chi connectivity index (χ1n) is 7.09. The summed E-state index contributed by atoms with van der Waals surface area (Å²) in [6.45, 7) is 7.63. The SMILES string of the molecule is CCCNc1nc(NCC(C)S(C)=O)c2cc(C)sc2n1. The molecule has 2 heterocycles. The van der Waals surface area contributed by atoms with Gasteiger partial charge in [-0.15, -0.1) is 11.3 Å². The minimum absolute atomic E-state index is 0.0850. The fourth-order valence-corrected chi connectivity index (χ4v) is 3.05. The van der Waals surface area contributed by atoms with Crippen LogP contribution in [0.25, 0.3) is 10.2 Å². The Kier molecular flexibility index (Phi) is 5.52. The van der Waals surface area contributed by atoms with Gasteiger partial charge < -0.3 is 10.6 Å². The third kappa shape index (κ3) is 4.14. The van der Waals surface area contributed by atoms with Crippen LogP contribution in [0.3, 0.4) is 0 Å². The normalized spacial score (nSPS) is 14.1. The molecular weight excluding hydrogens is 304 g/mol. The smallest absolute Gasteiger partial charge is 0.226 e. The zero-order valence-corrected chi connectivity index (χ0v) is 14.5. The van der Waals surface area contributed by atoms with Gasteiger partial charge in [0.15, 0.2) is 0 Å². The summed E-state index contributed by atoms with van der Waals surface area (Å²) in [5, 5.41) is 7.67. The van der Waals surface area contributed by atoms with Crippen molar-refractivity contribution in [2.75, 3.05) is 30.0 Å². The van der Waals surface area contributed by atoms with Crippen LogP contribution in [0, 0.1) is 6.92 Å². The van der Waals surface area contributed by atoms with Crippen molar-refractivity contribution in [3.63, 3.8) is 0 Å². The van der Waals surface area contributed by atoms with Gasteiger partial charge in [0, 0.05) is 40.3 Å². The molecule has 0 aliphatic rings. The van der Waals surface area contributed by atoms with Crippen molar-refractivity contribution >= 4 is 44.1 Å². The van der Waals surface area contributed by atoms with Gasteiger partial charge in [0.05, 0.1) is 5.39 Å². The van der Waals surface area contributed by atoms with Gasteiger partial charge in [-0.3, -0.25) is 4.21 Å². The van der Waals surface area contributed by atoms with Gasteiger partial charge >= 0.3 is 0 Å². The van der Waals surface area contributed by atoms with E-state index in [0.717, 1.165) is 29.0 Å². The standard InChI is InChI=1S/C14H22N4OS2/c1-5-6-15-14-17-12(16-8-10(3)21(4)19)11-7-9(2)20-13(11)18-14/h7,10H,5-6,8H2,1-4H3,(H2,15,16,17,18). The predicted molar refractivity (Wildman–Crippen MR) is 93.0 cm³/mol. The number of nitrogens with one attached hydrogen (secondary N) is 2. The molecule has 5 nitrogen and oxygen atoms in total. The van der Waals surface area contributed by atoms with Crippen LogP contribution in [0.1, 0.15) is 25.1 Å². The molecule has 0 aliphatic heterocycles. The molecule has 2 aromatic rings. The van der Waals surface area contributed by atoms with Crippen LogP contribution in [0.5, 0.6) is 0 Å². The first-order chi connectivity index (χ1) is 10.0. The van der Waals surface area contributed by atoms with E-state index in [0.29, 0.717) is 12.5 Å². The second kappa shape index (κ2) is 7.17. The predicted octanol–water partition coefficient (Wildman–Crippen LogP) is 3.00. The molecule has 0 saturated heterocycles. The molecule has 0 spiro atoms. The Hall–Kier alpha value is -1.21.